The van der Waals surface area contributed by atoms with Crippen LogP contribution in [0.15, 0.2) is 18.2 Å². The molecule has 0 unspecified atom stereocenters. The van der Waals surface area contributed by atoms with E-state index in [0.717, 1.165) is 12.1 Å². The smallest absolute Gasteiger partial charge is 0.441 e. The summed E-state index contributed by atoms with van der Waals surface area (Å²) in [7, 11) is 0. The number of carbonyl (C=O) groups is 1. The first-order chi connectivity index (χ1) is 8.29. The Morgan fingerprint density at radius 2 is 2.06 bits per heavy atom. The molecule has 1 rings (SSSR count). The molecule has 0 aliphatic carbocycles. The van der Waals surface area contributed by atoms with Gasteiger partial charge in [0.15, 0.2) is 0 Å². The molecule has 0 heterocycles. The van der Waals surface area contributed by atoms with Gasteiger partial charge in [-0.25, -0.2) is 9.18 Å². The molecule has 1 aromatic carbocycles. The maximum atomic E-state index is 13.2. The van der Waals surface area contributed by atoms with Crippen LogP contribution in [0.5, 0.6) is 0 Å². The Labute approximate surface area is 104 Å². The first kappa shape index (κ1) is 14.6. The van der Waals surface area contributed by atoms with Crippen molar-refractivity contribution in [3.8, 4) is 0 Å². The Bertz CT molecular complexity index is 436. The summed E-state index contributed by atoms with van der Waals surface area (Å²) in [6.45, 7) is -0.461. The molecule has 0 amide bonds. The number of ether oxygens (including phenoxy) is 1. The Morgan fingerprint density at radius 1 is 1.39 bits per heavy atom. The van der Waals surface area contributed by atoms with Gasteiger partial charge in [0.25, 0.3) is 0 Å². The molecule has 18 heavy (non-hydrogen) atoms. The van der Waals surface area contributed by atoms with Crippen LogP contribution >= 0.6 is 11.8 Å². The van der Waals surface area contributed by atoms with Crippen molar-refractivity contribution >= 4 is 23.4 Å². The normalized spacial score (nSPS) is 11.3. The molecule has 0 saturated heterocycles. The van der Waals surface area contributed by atoms with Crippen LogP contribution in [0.4, 0.5) is 23.2 Å². The van der Waals surface area contributed by atoms with E-state index in [1.54, 1.807) is 0 Å². The number of halogens is 4. The van der Waals surface area contributed by atoms with Crippen LogP contribution in [-0.2, 0) is 4.74 Å². The van der Waals surface area contributed by atoms with Crippen molar-refractivity contribution in [3.05, 3.63) is 29.6 Å². The Balaban J connectivity index is 2.48. The van der Waals surface area contributed by atoms with Gasteiger partial charge in [-0.3, -0.25) is 0 Å². The average molecular weight is 283 g/mol. The fourth-order valence-electron chi connectivity index (χ4n) is 1.07. The number of hydrogen-bond donors (Lipinski definition) is 1. The summed E-state index contributed by atoms with van der Waals surface area (Å²) >= 11 is -0.318. The quantitative estimate of drug-likeness (QED) is 0.399. The van der Waals surface area contributed by atoms with Crippen LogP contribution in [0.2, 0.25) is 0 Å². The number of nitrogen functional groups attached to an aromatic ring is 1. The largest absolute Gasteiger partial charge is 0.461 e. The Kier molecular flexibility index (Phi) is 4.83. The van der Waals surface area contributed by atoms with Gasteiger partial charge in [0, 0.05) is 11.4 Å². The van der Waals surface area contributed by atoms with E-state index in [2.05, 4.69) is 4.74 Å². The SMILES string of the molecule is Nc1ccc(F)c(C(=O)OCCSC(F)(F)F)c1. The van der Waals surface area contributed by atoms with E-state index in [1.807, 2.05) is 0 Å². The van der Waals surface area contributed by atoms with Crippen molar-refractivity contribution in [1.82, 2.24) is 0 Å². The minimum absolute atomic E-state index is 0.160. The van der Waals surface area contributed by atoms with Gasteiger partial charge in [0.05, 0.1) is 5.56 Å². The summed E-state index contributed by atoms with van der Waals surface area (Å²) < 4.78 is 53.0. The summed E-state index contributed by atoms with van der Waals surface area (Å²) in [5.41, 5.74) is 0.734. The zero-order valence-corrected chi connectivity index (χ0v) is 9.78. The topological polar surface area (TPSA) is 52.3 Å². The molecule has 0 fully saturated rings. The first-order valence-electron chi connectivity index (χ1n) is 4.72. The van der Waals surface area contributed by atoms with Crippen LogP contribution in [0.1, 0.15) is 10.4 Å². The molecule has 0 atom stereocenters. The third kappa shape index (κ3) is 4.82. The van der Waals surface area contributed by atoms with Crippen LogP contribution in [0.3, 0.4) is 0 Å². The number of anilines is 1. The monoisotopic (exact) mass is 283 g/mol. The minimum atomic E-state index is -4.38. The van der Waals surface area contributed by atoms with E-state index in [9.17, 15) is 22.4 Å². The summed E-state index contributed by atoms with van der Waals surface area (Å²) in [4.78, 5) is 11.3. The van der Waals surface area contributed by atoms with Gasteiger partial charge < -0.3 is 10.5 Å². The average Bonchev–Trinajstić information content (AvgIpc) is 2.26. The van der Waals surface area contributed by atoms with E-state index in [4.69, 9.17) is 5.73 Å². The zero-order valence-electron chi connectivity index (χ0n) is 8.96. The Morgan fingerprint density at radius 3 is 2.67 bits per heavy atom. The second kappa shape index (κ2) is 5.94. The molecular formula is C10H9F4NO2S. The van der Waals surface area contributed by atoms with Crippen LogP contribution in [0, 0.1) is 5.82 Å². The highest BCUT2D eigenvalue weighted by atomic mass is 32.2. The summed E-state index contributed by atoms with van der Waals surface area (Å²) in [5, 5.41) is 0. The van der Waals surface area contributed by atoms with E-state index >= 15 is 0 Å². The van der Waals surface area contributed by atoms with E-state index in [-0.39, 0.29) is 17.4 Å². The van der Waals surface area contributed by atoms with E-state index < -0.39 is 35.2 Å². The zero-order chi connectivity index (χ0) is 13.8. The number of benzene rings is 1. The number of hydrogen-bond acceptors (Lipinski definition) is 4. The summed E-state index contributed by atoms with van der Waals surface area (Å²) in [5.74, 6) is -2.32. The maximum Gasteiger partial charge on any atom is 0.441 e. The number of carbonyl (C=O) groups excluding carboxylic acids is 1. The van der Waals surface area contributed by atoms with Crippen molar-refractivity contribution in [2.45, 2.75) is 5.51 Å². The van der Waals surface area contributed by atoms with E-state index in [1.165, 1.54) is 6.07 Å². The molecular weight excluding hydrogens is 274 g/mol. The first-order valence-corrected chi connectivity index (χ1v) is 5.71. The van der Waals surface area contributed by atoms with Crippen molar-refractivity contribution in [2.24, 2.45) is 0 Å². The Hall–Kier alpha value is -1.44. The number of alkyl halides is 3. The summed E-state index contributed by atoms with van der Waals surface area (Å²) in [6, 6.07) is 3.30. The molecule has 100 valence electrons. The number of nitrogens with two attached hydrogens (primary N) is 1. The predicted molar refractivity (Wildman–Crippen MR) is 59.6 cm³/mol. The molecule has 0 aromatic heterocycles. The molecule has 3 nitrogen and oxygen atoms in total. The van der Waals surface area contributed by atoms with Crippen molar-refractivity contribution in [3.63, 3.8) is 0 Å². The second-order valence-corrected chi connectivity index (χ2v) is 4.33. The van der Waals surface area contributed by atoms with Crippen molar-refractivity contribution in [1.29, 1.82) is 0 Å². The van der Waals surface area contributed by atoms with Crippen molar-refractivity contribution < 1.29 is 27.1 Å². The van der Waals surface area contributed by atoms with Gasteiger partial charge in [-0.2, -0.15) is 13.2 Å². The number of esters is 1. The van der Waals surface area contributed by atoms with Gasteiger partial charge in [0.2, 0.25) is 0 Å². The van der Waals surface area contributed by atoms with E-state index in [0.29, 0.717) is 0 Å². The third-order valence-electron chi connectivity index (χ3n) is 1.79. The highest BCUT2D eigenvalue weighted by Crippen LogP contribution is 2.29. The fourth-order valence-corrected chi connectivity index (χ4v) is 1.47. The van der Waals surface area contributed by atoms with Crippen molar-refractivity contribution in [2.75, 3.05) is 18.1 Å². The van der Waals surface area contributed by atoms with Crippen LogP contribution in [0.25, 0.3) is 0 Å². The highest BCUT2D eigenvalue weighted by Gasteiger charge is 2.27. The molecule has 0 spiro atoms. The van der Waals surface area contributed by atoms with Gasteiger partial charge in [-0.05, 0) is 30.0 Å². The lowest BCUT2D eigenvalue weighted by Crippen LogP contribution is -2.12. The fraction of sp³-hybridized carbons (Fsp3) is 0.300. The lowest BCUT2D eigenvalue weighted by Gasteiger charge is -2.07. The second-order valence-electron chi connectivity index (χ2n) is 3.17. The molecule has 0 aliphatic rings. The lowest BCUT2D eigenvalue weighted by atomic mass is 10.2. The number of rotatable bonds is 4. The maximum absolute atomic E-state index is 13.2. The molecule has 8 heteroatoms. The number of thioether (sulfide) groups is 1. The van der Waals surface area contributed by atoms with Gasteiger partial charge in [-0.15, -0.1) is 0 Å². The minimum Gasteiger partial charge on any atom is -0.461 e. The van der Waals surface area contributed by atoms with Gasteiger partial charge in [0.1, 0.15) is 12.4 Å². The molecule has 0 radical (unpaired) electrons. The predicted octanol–water partition coefficient (Wildman–Crippen LogP) is 2.82. The van der Waals surface area contributed by atoms with Gasteiger partial charge >= 0.3 is 11.5 Å². The van der Waals surface area contributed by atoms with Crippen LogP contribution < -0.4 is 5.73 Å². The lowest BCUT2D eigenvalue weighted by molar-refractivity contribution is -0.0331. The third-order valence-corrected chi connectivity index (χ3v) is 2.49. The standard InChI is InChI=1S/C10H9F4NO2S/c11-8-2-1-6(15)5-7(8)9(16)17-3-4-18-10(12,13)14/h1-2,5H,3-4,15H2. The molecule has 0 aliphatic heterocycles. The molecule has 1 aromatic rings. The molecule has 0 saturated carbocycles. The highest BCUT2D eigenvalue weighted by molar-refractivity contribution is 8.00. The molecule has 0 bridgehead atoms. The van der Waals surface area contributed by atoms with Gasteiger partial charge in [-0.1, -0.05) is 0 Å². The molecule has 2 N–H and O–H groups in total. The van der Waals surface area contributed by atoms with Crippen LogP contribution in [-0.4, -0.2) is 23.8 Å². The summed E-state index contributed by atoms with van der Waals surface area (Å²) in [6.07, 6.45) is 0.